The first kappa shape index (κ1) is 19.6. The Kier molecular flexibility index (Phi) is 6.31. The quantitative estimate of drug-likeness (QED) is 0.579. The van der Waals surface area contributed by atoms with Crippen molar-refractivity contribution in [1.82, 2.24) is 14.9 Å². The molecule has 2 heterocycles. The molecule has 0 radical (unpaired) electrons. The van der Waals surface area contributed by atoms with Gasteiger partial charge in [0.25, 0.3) is 0 Å². The molecule has 2 aromatic rings. The van der Waals surface area contributed by atoms with Crippen molar-refractivity contribution in [3.05, 3.63) is 47.9 Å². The summed E-state index contributed by atoms with van der Waals surface area (Å²) in [6, 6.07) is 8.34. The Balaban J connectivity index is 1.84. The zero-order chi connectivity index (χ0) is 19.4. The van der Waals surface area contributed by atoms with Gasteiger partial charge in [0.15, 0.2) is 5.16 Å². The van der Waals surface area contributed by atoms with E-state index < -0.39 is 0 Å². The third-order valence-electron chi connectivity index (χ3n) is 4.88. The zero-order valence-electron chi connectivity index (χ0n) is 15.9. The minimum atomic E-state index is -0.263. The fraction of sp³-hybridized carbons (Fsp3) is 0.450. The van der Waals surface area contributed by atoms with E-state index in [-0.39, 0.29) is 23.7 Å². The van der Waals surface area contributed by atoms with Crippen LogP contribution in [0.25, 0.3) is 0 Å². The number of nitrogens with zero attached hydrogens (tertiary/aromatic N) is 4. The van der Waals surface area contributed by atoms with E-state index in [1.54, 1.807) is 18.3 Å². The number of aromatic nitrogens is 2. The van der Waals surface area contributed by atoms with Crippen LogP contribution in [0.1, 0.15) is 25.8 Å². The van der Waals surface area contributed by atoms with Crippen molar-refractivity contribution < 1.29 is 9.18 Å². The molecular formula is C20H25FN4OS. The van der Waals surface area contributed by atoms with E-state index in [4.69, 9.17) is 0 Å². The predicted molar refractivity (Wildman–Crippen MR) is 106 cm³/mol. The van der Waals surface area contributed by atoms with Gasteiger partial charge in [-0.05, 0) is 35.9 Å². The van der Waals surface area contributed by atoms with Gasteiger partial charge >= 0.3 is 0 Å². The number of thioether (sulfide) groups is 1. The summed E-state index contributed by atoms with van der Waals surface area (Å²) in [6.07, 6.45) is 4.15. The first-order valence-electron chi connectivity index (χ1n) is 9.14. The van der Waals surface area contributed by atoms with Crippen LogP contribution in [0, 0.1) is 11.7 Å². The lowest BCUT2D eigenvalue weighted by Crippen LogP contribution is -2.46. The molecule has 1 saturated heterocycles. The van der Waals surface area contributed by atoms with Gasteiger partial charge in [-0.1, -0.05) is 37.7 Å². The highest BCUT2D eigenvalue weighted by Crippen LogP contribution is 2.24. The van der Waals surface area contributed by atoms with Crippen LogP contribution in [0.15, 0.2) is 41.7 Å². The molecule has 7 heteroatoms. The summed E-state index contributed by atoms with van der Waals surface area (Å²) >= 11 is 1.51. The highest BCUT2D eigenvalue weighted by Gasteiger charge is 2.32. The van der Waals surface area contributed by atoms with Crippen LogP contribution in [-0.4, -0.2) is 46.2 Å². The van der Waals surface area contributed by atoms with E-state index in [0.29, 0.717) is 19.5 Å². The second-order valence-corrected chi connectivity index (χ2v) is 7.83. The van der Waals surface area contributed by atoms with Crippen molar-refractivity contribution in [2.45, 2.75) is 38.0 Å². The molecule has 3 rings (SSSR count). The maximum atomic E-state index is 13.2. The van der Waals surface area contributed by atoms with Crippen LogP contribution in [0.5, 0.6) is 0 Å². The van der Waals surface area contributed by atoms with Crippen molar-refractivity contribution >= 4 is 23.5 Å². The summed E-state index contributed by atoms with van der Waals surface area (Å²) in [5, 5.41) is 0.729. The Morgan fingerprint density at radius 3 is 2.67 bits per heavy atom. The van der Waals surface area contributed by atoms with E-state index in [0.717, 1.165) is 23.1 Å². The normalized spacial score (nSPS) is 18.1. The minimum Gasteiger partial charge on any atom is -0.354 e. The molecule has 5 nitrogen and oxygen atoms in total. The maximum Gasteiger partial charge on any atom is 0.224 e. The molecule has 1 atom stereocenters. The van der Waals surface area contributed by atoms with Crippen LogP contribution < -0.4 is 4.90 Å². The van der Waals surface area contributed by atoms with Gasteiger partial charge in [0.2, 0.25) is 5.91 Å². The number of hydrogen-bond donors (Lipinski definition) is 0. The monoisotopic (exact) mass is 388 g/mol. The molecule has 1 aliphatic rings. The third-order valence-corrected chi connectivity index (χ3v) is 5.45. The van der Waals surface area contributed by atoms with Crippen molar-refractivity contribution in [3.63, 3.8) is 0 Å². The van der Waals surface area contributed by atoms with E-state index in [9.17, 15) is 9.18 Å². The molecule has 1 amide bonds. The molecule has 0 aliphatic carbocycles. The van der Waals surface area contributed by atoms with Gasteiger partial charge in [0, 0.05) is 32.3 Å². The van der Waals surface area contributed by atoms with E-state index in [1.807, 2.05) is 17.2 Å². The molecule has 27 heavy (non-hydrogen) atoms. The van der Waals surface area contributed by atoms with Crippen LogP contribution in [0.3, 0.4) is 0 Å². The molecule has 144 valence electrons. The number of halogens is 1. The van der Waals surface area contributed by atoms with Gasteiger partial charge in [0.05, 0.1) is 6.04 Å². The smallest absolute Gasteiger partial charge is 0.224 e. The zero-order valence-corrected chi connectivity index (χ0v) is 16.7. The average Bonchev–Trinajstić information content (AvgIpc) is 2.83. The second-order valence-electron chi connectivity index (χ2n) is 7.06. The third kappa shape index (κ3) is 4.77. The SMILES string of the molecule is CSc1nccc(N2CCC(=O)N(Cc3ccc(F)cc3)[C@H](C(C)C)C2)n1. The lowest BCUT2D eigenvalue weighted by molar-refractivity contribution is -0.134. The van der Waals surface area contributed by atoms with E-state index in [2.05, 4.69) is 28.7 Å². The molecule has 1 aromatic carbocycles. The molecule has 0 spiro atoms. The Morgan fingerprint density at radius 1 is 1.26 bits per heavy atom. The van der Waals surface area contributed by atoms with Gasteiger partial charge in [-0.25, -0.2) is 14.4 Å². The van der Waals surface area contributed by atoms with Crippen LogP contribution in [0.4, 0.5) is 10.2 Å². The molecule has 0 bridgehead atoms. The fourth-order valence-electron chi connectivity index (χ4n) is 3.35. The average molecular weight is 389 g/mol. The first-order valence-corrected chi connectivity index (χ1v) is 10.4. The molecule has 0 saturated carbocycles. The lowest BCUT2D eigenvalue weighted by atomic mass is 10.0. The Hall–Kier alpha value is -2.15. The Morgan fingerprint density at radius 2 is 2.00 bits per heavy atom. The molecule has 0 N–H and O–H groups in total. The van der Waals surface area contributed by atoms with Crippen molar-refractivity contribution in [3.8, 4) is 0 Å². The van der Waals surface area contributed by atoms with Gasteiger partial charge in [-0.15, -0.1) is 0 Å². The molecule has 1 fully saturated rings. The van der Waals surface area contributed by atoms with Crippen molar-refractivity contribution in [1.29, 1.82) is 0 Å². The highest BCUT2D eigenvalue weighted by atomic mass is 32.2. The first-order chi connectivity index (χ1) is 13.0. The summed E-state index contributed by atoms with van der Waals surface area (Å²) in [6.45, 7) is 6.11. The van der Waals surface area contributed by atoms with Crippen molar-refractivity contribution in [2.75, 3.05) is 24.2 Å². The summed E-state index contributed by atoms with van der Waals surface area (Å²) in [5.41, 5.74) is 0.940. The minimum absolute atomic E-state index is 0.0535. The topological polar surface area (TPSA) is 49.3 Å². The predicted octanol–water partition coefficient (Wildman–Crippen LogP) is 3.60. The summed E-state index contributed by atoms with van der Waals surface area (Å²) in [7, 11) is 0. The maximum absolute atomic E-state index is 13.2. The second kappa shape index (κ2) is 8.69. The van der Waals surface area contributed by atoms with Crippen molar-refractivity contribution in [2.24, 2.45) is 5.92 Å². The van der Waals surface area contributed by atoms with Gasteiger partial charge < -0.3 is 9.80 Å². The Labute approximate surface area is 164 Å². The van der Waals surface area contributed by atoms with E-state index in [1.165, 1.54) is 23.9 Å². The van der Waals surface area contributed by atoms with Crippen LogP contribution in [-0.2, 0) is 11.3 Å². The van der Waals surface area contributed by atoms with Crippen LogP contribution in [0.2, 0.25) is 0 Å². The van der Waals surface area contributed by atoms with Gasteiger partial charge in [-0.3, -0.25) is 4.79 Å². The van der Waals surface area contributed by atoms with Gasteiger partial charge in [-0.2, -0.15) is 0 Å². The van der Waals surface area contributed by atoms with Crippen LogP contribution >= 0.6 is 11.8 Å². The standard InChI is InChI=1S/C20H25FN4OS/c1-14(2)17-13-24(18-8-10-22-20(23-18)27-3)11-9-19(26)25(17)12-15-4-6-16(21)7-5-15/h4-8,10,14,17H,9,11-13H2,1-3H3/t17-/m0/s1. The summed E-state index contributed by atoms with van der Waals surface area (Å²) in [4.78, 5) is 25.8. The summed E-state index contributed by atoms with van der Waals surface area (Å²) in [5.74, 6) is 1.01. The Bertz CT molecular complexity index is 784. The molecule has 1 aromatic heterocycles. The number of hydrogen-bond acceptors (Lipinski definition) is 5. The summed E-state index contributed by atoms with van der Waals surface area (Å²) < 4.78 is 13.2. The number of benzene rings is 1. The van der Waals surface area contributed by atoms with Gasteiger partial charge in [0.1, 0.15) is 11.6 Å². The van der Waals surface area contributed by atoms with E-state index >= 15 is 0 Å². The molecule has 1 aliphatic heterocycles. The fourth-order valence-corrected chi connectivity index (χ4v) is 3.70. The largest absolute Gasteiger partial charge is 0.354 e. The number of anilines is 1. The molecular weight excluding hydrogens is 363 g/mol. The molecule has 0 unspecified atom stereocenters. The number of rotatable bonds is 5. The highest BCUT2D eigenvalue weighted by molar-refractivity contribution is 7.98. The number of amides is 1. The lowest BCUT2D eigenvalue weighted by Gasteiger charge is -2.35. The number of carbonyl (C=O) groups is 1. The number of carbonyl (C=O) groups excluding carboxylic acids is 1.